The summed E-state index contributed by atoms with van der Waals surface area (Å²) < 4.78 is 0. The van der Waals surface area contributed by atoms with Crippen molar-refractivity contribution in [2.24, 2.45) is 0 Å². The first-order valence-electron chi connectivity index (χ1n) is 2.80. The van der Waals surface area contributed by atoms with Gasteiger partial charge in [-0.25, -0.2) is 0 Å². The first-order chi connectivity index (χ1) is 5.15. The van der Waals surface area contributed by atoms with E-state index >= 15 is 0 Å². The molecule has 0 spiro atoms. The van der Waals surface area contributed by atoms with Gasteiger partial charge in [0.05, 0.1) is 11.6 Å². The zero-order valence-corrected chi connectivity index (χ0v) is 7.23. The van der Waals surface area contributed by atoms with Crippen LogP contribution in [0, 0.1) is 11.3 Å². The molecule has 0 saturated carbocycles. The highest BCUT2D eigenvalue weighted by Crippen LogP contribution is 2.29. The van der Waals surface area contributed by atoms with Crippen LogP contribution in [0.2, 0.25) is 0 Å². The number of nitriles is 1. The Labute approximate surface area is 75.3 Å². The molecule has 1 aromatic rings. The normalized spacial score (nSPS) is 9.18. The van der Waals surface area contributed by atoms with Crippen molar-refractivity contribution in [3.05, 3.63) is 17.7 Å². The van der Waals surface area contributed by atoms with E-state index in [0.29, 0.717) is 15.4 Å². The number of hydrogen-bond acceptors (Lipinski definition) is 4. The standard InChI is InChI=1S/C7H5NOS2/c8-3-4-1-5(10)7(9)6(11)2-4/h1-2,9-11H. The van der Waals surface area contributed by atoms with E-state index in [1.807, 2.05) is 6.07 Å². The minimum atomic E-state index is 0.00988. The Kier molecular flexibility index (Phi) is 2.32. The fraction of sp³-hybridized carbons (Fsp3) is 0. The van der Waals surface area contributed by atoms with Gasteiger partial charge < -0.3 is 5.11 Å². The summed E-state index contributed by atoms with van der Waals surface area (Å²) in [4.78, 5) is 0.739. The van der Waals surface area contributed by atoms with Crippen LogP contribution >= 0.6 is 25.3 Å². The molecule has 0 unspecified atom stereocenters. The molecule has 0 bridgehead atoms. The smallest absolute Gasteiger partial charge is 0.142 e. The van der Waals surface area contributed by atoms with Gasteiger partial charge in [-0.05, 0) is 12.1 Å². The van der Waals surface area contributed by atoms with Crippen molar-refractivity contribution in [2.75, 3.05) is 0 Å². The minimum Gasteiger partial charge on any atom is -0.506 e. The van der Waals surface area contributed by atoms with E-state index in [9.17, 15) is 0 Å². The first-order valence-corrected chi connectivity index (χ1v) is 3.69. The number of hydrogen-bond donors (Lipinski definition) is 3. The van der Waals surface area contributed by atoms with Crippen molar-refractivity contribution in [1.29, 1.82) is 5.26 Å². The molecule has 0 aromatic heterocycles. The fourth-order valence-corrected chi connectivity index (χ4v) is 1.28. The summed E-state index contributed by atoms with van der Waals surface area (Å²) in [6.45, 7) is 0. The molecular formula is C7H5NOS2. The Balaban J connectivity index is 3.35. The van der Waals surface area contributed by atoms with Gasteiger partial charge in [0, 0.05) is 9.79 Å². The number of nitrogens with zero attached hydrogens (tertiary/aromatic N) is 1. The molecule has 0 atom stereocenters. The van der Waals surface area contributed by atoms with E-state index in [2.05, 4.69) is 25.3 Å². The van der Waals surface area contributed by atoms with Crippen LogP contribution < -0.4 is 0 Å². The number of aromatic hydroxyl groups is 1. The molecule has 2 nitrogen and oxygen atoms in total. The van der Waals surface area contributed by atoms with Gasteiger partial charge >= 0.3 is 0 Å². The van der Waals surface area contributed by atoms with E-state index in [0.717, 1.165) is 0 Å². The molecule has 0 fully saturated rings. The lowest BCUT2D eigenvalue weighted by molar-refractivity contribution is 0.449. The van der Waals surface area contributed by atoms with Crippen LogP contribution in [0.4, 0.5) is 0 Å². The van der Waals surface area contributed by atoms with E-state index < -0.39 is 0 Å². The minimum absolute atomic E-state index is 0.00988. The SMILES string of the molecule is N#Cc1cc(S)c(O)c(S)c1. The average molecular weight is 183 g/mol. The summed E-state index contributed by atoms with van der Waals surface area (Å²) in [6.07, 6.45) is 0. The molecule has 4 heteroatoms. The quantitative estimate of drug-likeness (QED) is 0.537. The van der Waals surface area contributed by atoms with E-state index in [4.69, 9.17) is 10.4 Å². The van der Waals surface area contributed by atoms with Crippen LogP contribution in [0.3, 0.4) is 0 Å². The maximum absolute atomic E-state index is 9.16. The first kappa shape index (κ1) is 8.31. The molecule has 0 aliphatic carbocycles. The van der Waals surface area contributed by atoms with Crippen LogP contribution in [-0.2, 0) is 0 Å². The highest BCUT2D eigenvalue weighted by atomic mass is 32.1. The molecule has 0 aliphatic heterocycles. The predicted octanol–water partition coefficient (Wildman–Crippen LogP) is 1.84. The zero-order valence-electron chi connectivity index (χ0n) is 5.44. The molecular weight excluding hydrogens is 178 g/mol. The Morgan fingerprint density at radius 1 is 1.27 bits per heavy atom. The summed E-state index contributed by atoms with van der Waals surface area (Å²) in [5.41, 5.74) is 0.442. The maximum atomic E-state index is 9.16. The van der Waals surface area contributed by atoms with Crippen LogP contribution in [0.1, 0.15) is 5.56 Å². The van der Waals surface area contributed by atoms with Gasteiger partial charge in [0.1, 0.15) is 5.75 Å². The summed E-state index contributed by atoms with van der Waals surface area (Å²) >= 11 is 7.88. The molecule has 0 aliphatic rings. The topological polar surface area (TPSA) is 44.0 Å². The molecule has 1 rings (SSSR count). The Hall–Kier alpha value is -0.790. The van der Waals surface area contributed by atoms with Crippen molar-refractivity contribution < 1.29 is 5.11 Å². The molecule has 11 heavy (non-hydrogen) atoms. The van der Waals surface area contributed by atoms with Gasteiger partial charge in [0.25, 0.3) is 0 Å². The molecule has 56 valence electrons. The third-order valence-electron chi connectivity index (χ3n) is 1.20. The van der Waals surface area contributed by atoms with Gasteiger partial charge in [0.15, 0.2) is 0 Å². The number of benzene rings is 1. The van der Waals surface area contributed by atoms with Gasteiger partial charge in [-0.15, -0.1) is 25.3 Å². The maximum Gasteiger partial charge on any atom is 0.142 e. The molecule has 1 aromatic carbocycles. The van der Waals surface area contributed by atoms with Crippen molar-refractivity contribution >= 4 is 25.3 Å². The molecule has 0 saturated heterocycles. The summed E-state index contributed by atoms with van der Waals surface area (Å²) in [6, 6.07) is 4.90. The number of thiol groups is 2. The van der Waals surface area contributed by atoms with E-state index in [1.165, 1.54) is 12.1 Å². The average Bonchev–Trinajstić information content (AvgIpc) is 1.99. The summed E-state index contributed by atoms with van der Waals surface area (Å²) in [7, 11) is 0. The van der Waals surface area contributed by atoms with Crippen LogP contribution in [0.15, 0.2) is 21.9 Å². The second kappa shape index (κ2) is 3.07. The lowest BCUT2D eigenvalue weighted by atomic mass is 10.2. The number of phenolic OH excluding ortho intramolecular Hbond substituents is 1. The van der Waals surface area contributed by atoms with E-state index in [-0.39, 0.29) is 5.75 Å². The van der Waals surface area contributed by atoms with Gasteiger partial charge in [-0.2, -0.15) is 5.26 Å². The van der Waals surface area contributed by atoms with Crippen molar-refractivity contribution in [3.8, 4) is 11.8 Å². The Bertz CT molecular complexity index is 307. The highest BCUT2D eigenvalue weighted by Gasteiger charge is 2.03. The van der Waals surface area contributed by atoms with Crippen LogP contribution in [0.5, 0.6) is 5.75 Å². The van der Waals surface area contributed by atoms with Crippen molar-refractivity contribution in [3.63, 3.8) is 0 Å². The fourth-order valence-electron chi connectivity index (χ4n) is 0.669. The summed E-state index contributed by atoms with van der Waals surface area (Å²) in [5, 5.41) is 17.6. The Morgan fingerprint density at radius 3 is 2.09 bits per heavy atom. The molecule has 1 N–H and O–H groups in total. The summed E-state index contributed by atoms with van der Waals surface area (Å²) in [5.74, 6) is 0.00988. The van der Waals surface area contributed by atoms with Crippen molar-refractivity contribution in [1.82, 2.24) is 0 Å². The third-order valence-corrected chi connectivity index (χ3v) is 1.88. The van der Waals surface area contributed by atoms with Crippen LogP contribution in [0.25, 0.3) is 0 Å². The lowest BCUT2D eigenvalue weighted by Gasteiger charge is -2.00. The Morgan fingerprint density at radius 2 is 1.73 bits per heavy atom. The van der Waals surface area contributed by atoms with Gasteiger partial charge in [0.2, 0.25) is 0 Å². The highest BCUT2D eigenvalue weighted by molar-refractivity contribution is 7.81. The monoisotopic (exact) mass is 183 g/mol. The number of phenols is 1. The van der Waals surface area contributed by atoms with Crippen LogP contribution in [-0.4, -0.2) is 5.11 Å². The van der Waals surface area contributed by atoms with Crippen molar-refractivity contribution in [2.45, 2.75) is 9.79 Å². The third kappa shape index (κ3) is 1.62. The van der Waals surface area contributed by atoms with Gasteiger partial charge in [-0.1, -0.05) is 0 Å². The van der Waals surface area contributed by atoms with E-state index in [1.54, 1.807) is 0 Å². The lowest BCUT2D eigenvalue weighted by Crippen LogP contribution is -1.78. The zero-order chi connectivity index (χ0) is 8.43. The second-order valence-electron chi connectivity index (χ2n) is 1.97. The molecule has 0 heterocycles. The number of rotatable bonds is 0. The van der Waals surface area contributed by atoms with Gasteiger partial charge in [-0.3, -0.25) is 0 Å². The molecule has 0 amide bonds. The second-order valence-corrected chi connectivity index (χ2v) is 2.94. The predicted molar refractivity (Wildman–Crippen MR) is 47.3 cm³/mol. The molecule has 0 radical (unpaired) electrons. The largest absolute Gasteiger partial charge is 0.506 e.